The van der Waals surface area contributed by atoms with Gasteiger partial charge in [-0.15, -0.1) is 0 Å². The number of hydrogen-bond donors (Lipinski definition) is 1. The maximum absolute atomic E-state index is 3.44. The largest absolute Gasteiger partial charge is 0.301 e. The molecule has 1 radical (unpaired) electrons. The van der Waals surface area contributed by atoms with E-state index in [1.54, 1.807) is 5.92 Å². The van der Waals surface area contributed by atoms with E-state index in [1.807, 2.05) is 0 Å². The standard InChI is InChI=1S/C7H13N2/c1-9(2)7-6-3-5(6)4-8-7/h5,7-8H,3-4H2,1-2H3. The Bertz CT molecular complexity index is 122. The maximum atomic E-state index is 3.44. The molecule has 2 nitrogen and oxygen atoms in total. The summed E-state index contributed by atoms with van der Waals surface area (Å²) in [6.07, 6.45) is 1.99. The van der Waals surface area contributed by atoms with Crippen LogP contribution in [-0.4, -0.2) is 31.7 Å². The fourth-order valence-electron chi connectivity index (χ4n) is 1.66. The van der Waals surface area contributed by atoms with Crippen molar-refractivity contribution in [1.82, 2.24) is 10.2 Å². The highest BCUT2D eigenvalue weighted by atomic mass is 15.3. The van der Waals surface area contributed by atoms with Crippen molar-refractivity contribution in [3.8, 4) is 0 Å². The second-order valence-electron chi connectivity index (χ2n) is 3.25. The van der Waals surface area contributed by atoms with E-state index >= 15 is 0 Å². The molecule has 1 saturated carbocycles. The van der Waals surface area contributed by atoms with Gasteiger partial charge in [-0.05, 0) is 26.4 Å². The van der Waals surface area contributed by atoms with Crippen LogP contribution < -0.4 is 5.32 Å². The Morgan fingerprint density at radius 2 is 2.33 bits per heavy atom. The van der Waals surface area contributed by atoms with Crippen LogP contribution in [0.4, 0.5) is 0 Å². The van der Waals surface area contributed by atoms with Gasteiger partial charge in [-0.1, -0.05) is 0 Å². The van der Waals surface area contributed by atoms with E-state index in [4.69, 9.17) is 0 Å². The van der Waals surface area contributed by atoms with Gasteiger partial charge in [0.1, 0.15) is 0 Å². The first-order valence-electron chi connectivity index (χ1n) is 3.54. The molecule has 1 aliphatic carbocycles. The van der Waals surface area contributed by atoms with Gasteiger partial charge >= 0.3 is 0 Å². The molecule has 0 spiro atoms. The van der Waals surface area contributed by atoms with Gasteiger partial charge in [0.2, 0.25) is 0 Å². The van der Waals surface area contributed by atoms with Crippen LogP contribution in [-0.2, 0) is 0 Å². The van der Waals surface area contributed by atoms with Crippen molar-refractivity contribution in [3.05, 3.63) is 5.92 Å². The molecule has 2 rings (SSSR count). The highest BCUT2D eigenvalue weighted by molar-refractivity contribution is 5.25. The molecule has 9 heavy (non-hydrogen) atoms. The van der Waals surface area contributed by atoms with Crippen molar-refractivity contribution in [3.63, 3.8) is 0 Å². The van der Waals surface area contributed by atoms with Crippen molar-refractivity contribution in [1.29, 1.82) is 0 Å². The van der Waals surface area contributed by atoms with E-state index in [1.165, 1.54) is 13.0 Å². The predicted octanol–water partition coefficient (Wildman–Crippen LogP) is 0.0717. The molecule has 0 aromatic carbocycles. The third-order valence-electron chi connectivity index (χ3n) is 2.27. The number of nitrogens with zero attached hydrogens (tertiary/aromatic N) is 1. The fourth-order valence-corrected chi connectivity index (χ4v) is 1.66. The van der Waals surface area contributed by atoms with Crippen LogP contribution in [0.25, 0.3) is 0 Å². The Labute approximate surface area is 56.2 Å². The van der Waals surface area contributed by atoms with Crippen LogP contribution in [0.1, 0.15) is 6.42 Å². The van der Waals surface area contributed by atoms with Crippen molar-refractivity contribution >= 4 is 0 Å². The highest BCUT2D eigenvalue weighted by Gasteiger charge is 2.49. The van der Waals surface area contributed by atoms with Crippen LogP contribution in [0.5, 0.6) is 0 Å². The Morgan fingerprint density at radius 3 is 2.56 bits per heavy atom. The molecule has 0 amide bonds. The lowest BCUT2D eigenvalue weighted by atomic mass is 10.3. The third-order valence-corrected chi connectivity index (χ3v) is 2.27. The second kappa shape index (κ2) is 1.70. The summed E-state index contributed by atoms with van der Waals surface area (Å²) in [5.41, 5.74) is 0. The first-order valence-corrected chi connectivity index (χ1v) is 3.54. The molecule has 0 aromatic heterocycles. The number of rotatable bonds is 1. The highest BCUT2D eigenvalue weighted by Crippen LogP contribution is 2.47. The molecule has 1 N–H and O–H groups in total. The number of piperidine rings is 1. The topological polar surface area (TPSA) is 15.3 Å². The zero-order valence-electron chi connectivity index (χ0n) is 6.02. The maximum Gasteiger partial charge on any atom is 0.0660 e. The van der Waals surface area contributed by atoms with Crippen LogP contribution in [0, 0.1) is 11.8 Å². The Balaban J connectivity index is 1.98. The zero-order chi connectivity index (χ0) is 6.43. The van der Waals surface area contributed by atoms with Crippen LogP contribution >= 0.6 is 0 Å². The quantitative estimate of drug-likeness (QED) is 0.533. The van der Waals surface area contributed by atoms with E-state index in [2.05, 4.69) is 24.3 Å². The SMILES string of the molecule is CN(C)C1NCC2C[C]21. The van der Waals surface area contributed by atoms with Gasteiger partial charge in [-0.3, -0.25) is 4.90 Å². The van der Waals surface area contributed by atoms with Gasteiger partial charge in [0.25, 0.3) is 0 Å². The van der Waals surface area contributed by atoms with E-state index in [9.17, 15) is 0 Å². The van der Waals surface area contributed by atoms with E-state index < -0.39 is 0 Å². The Hall–Kier alpha value is -0.0800. The summed E-state index contributed by atoms with van der Waals surface area (Å²) < 4.78 is 0. The molecule has 2 unspecified atom stereocenters. The van der Waals surface area contributed by atoms with E-state index in [0.29, 0.717) is 6.17 Å². The number of nitrogens with one attached hydrogen (secondary N) is 1. The molecule has 0 aromatic rings. The summed E-state index contributed by atoms with van der Waals surface area (Å²) in [5, 5.41) is 3.44. The average Bonchev–Trinajstić information content (AvgIpc) is 2.43. The fraction of sp³-hybridized carbons (Fsp3) is 0.857. The molecular formula is C7H13N2. The third kappa shape index (κ3) is 0.775. The lowest BCUT2D eigenvalue weighted by Gasteiger charge is -2.20. The monoisotopic (exact) mass is 125 g/mol. The summed E-state index contributed by atoms with van der Waals surface area (Å²) in [4.78, 5) is 2.25. The van der Waals surface area contributed by atoms with Crippen molar-refractivity contribution in [2.24, 2.45) is 5.92 Å². The smallest absolute Gasteiger partial charge is 0.0660 e. The van der Waals surface area contributed by atoms with Gasteiger partial charge in [0, 0.05) is 12.5 Å². The van der Waals surface area contributed by atoms with Gasteiger partial charge in [-0.2, -0.15) is 0 Å². The average molecular weight is 125 g/mol. The minimum Gasteiger partial charge on any atom is -0.301 e. The molecule has 1 heterocycles. The minimum atomic E-state index is 0.606. The van der Waals surface area contributed by atoms with Crippen LogP contribution in [0.3, 0.4) is 0 Å². The summed E-state index contributed by atoms with van der Waals surface area (Å²) >= 11 is 0. The summed E-state index contributed by atoms with van der Waals surface area (Å²) in [5.74, 6) is 2.66. The van der Waals surface area contributed by atoms with Gasteiger partial charge < -0.3 is 5.32 Å². The minimum absolute atomic E-state index is 0.606. The van der Waals surface area contributed by atoms with Crippen molar-refractivity contribution in [2.45, 2.75) is 12.6 Å². The zero-order valence-corrected chi connectivity index (χ0v) is 6.02. The molecule has 2 atom stereocenters. The Kier molecular flexibility index (Phi) is 1.08. The molecule has 1 saturated heterocycles. The molecule has 1 aliphatic heterocycles. The number of fused-ring (bicyclic) bond motifs is 1. The van der Waals surface area contributed by atoms with Gasteiger partial charge in [-0.25, -0.2) is 0 Å². The summed E-state index contributed by atoms with van der Waals surface area (Å²) in [6.45, 7) is 1.22. The lowest BCUT2D eigenvalue weighted by molar-refractivity contribution is 0.292. The number of hydrogen-bond acceptors (Lipinski definition) is 2. The lowest BCUT2D eigenvalue weighted by Crippen LogP contribution is -2.38. The van der Waals surface area contributed by atoms with Crippen LogP contribution in [0.2, 0.25) is 0 Å². The van der Waals surface area contributed by atoms with Gasteiger partial charge in [0.15, 0.2) is 0 Å². The normalized spacial score (nSPS) is 41.7. The molecule has 0 bridgehead atoms. The summed E-state index contributed by atoms with van der Waals surface area (Å²) in [6, 6.07) is 0. The first-order chi connectivity index (χ1) is 4.29. The Morgan fingerprint density at radius 1 is 1.56 bits per heavy atom. The summed E-state index contributed by atoms with van der Waals surface area (Å²) in [7, 11) is 4.26. The van der Waals surface area contributed by atoms with Crippen molar-refractivity contribution < 1.29 is 0 Å². The predicted molar refractivity (Wildman–Crippen MR) is 36.8 cm³/mol. The van der Waals surface area contributed by atoms with Gasteiger partial charge in [0.05, 0.1) is 6.17 Å². The molecule has 2 fully saturated rings. The van der Waals surface area contributed by atoms with E-state index in [0.717, 1.165) is 5.92 Å². The van der Waals surface area contributed by atoms with Crippen LogP contribution in [0.15, 0.2) is 0 Å². The first kappa shape index (κ1) is 5.69. The molecule has 2 heteroatoms. The van der Waals surface area contributed by atoms with E-state index in [-0.39, 0.29) is 0 Å². The molecular weight excluding hydrogens is 112 g/mol. The molecule has 2 aliphatic rings. The van der Waals surface area contributed by atoms with Crippen molar-refractivity contribution in [2.75, 3.05) is 20.6 Å². The molecule has 51 valence electrons. The second-order valence-corrected chi connectivity index (χ2v) is 3.25.